The molecule has 0 saturated heterocycles. The SMILES string of the molecule is Clc1ccc(C=NC2C3CC4CC(C3)CC2C4)cc1. The fourth-order valence-corrected chi connectivity index (χ4v) is 4.99. The van der Waals surface area contributed by atoms with E-state index >= 15 is 0 Å². The molecular weight excluding hydrogens is 254 g/mol. The molecule has 2 heteroatoms. The van der Waals surface area contributed by atoms with Gasteiger partial charge >= 0.3 is 0 Å². The molecule has 0 aliphatic heterocycles. The molecule has 0 spiro atoms. The molecule has 0 amide bonds. The molecule has 0 heterocycles. The van der Waals surface area contributed by atoms with Crippen LogP contribution in [0.25, 0.3) is 0 Å². The molecule has 0 aromatic heterocycles. The standard InChI is InChI=1S/C17H20ClN/c18-16-3-1-11(2-4-16)10-19-17-14-6-12-5-13(8-14)9-15(17)7-12/h1-4,10,12-15,17H,5-9H2. The van der Waals surface area contributed by atoms with E-state index in [0.717, 1.165) is 28.7 Å². The number of halogens is 1. The Balaban J connectivity index is 1.52. The van der Waals surface area contributed by atoms with Gasteiger partial charge in [0.15, 0.2) is 0 Å². The summed E-state index contributed by atoms with van der Waals surface area (Å²) in [5, 5.41) is 0.798. The fraction of sp³-hybridized carbons (Fsp3) is 0.588. The Morgan fingerprint density at radius 3 is 2.05 bits per heavy atom. The summed E-state index contributed by atoms with van der Waals surface area (Å²) in [5.74, 6) is 3.81. The first-order valence-corrected chi connectivity index (χ1v) is 7.94. The van der Waals surface area contributed by atoms with Gasteiger partial charge in [-0.15, -0.1) is 0 Å². The first-order valence-electron chi connectivity index (χ1n) is 7.56. The molecule has 4 fully saturated rings. The molecule has 1 nitrogen and oxygen atoms in total. The van der Waals surface area contributed by atoms with E-state index in [0.29, 0.717) is 6.04 Å². The van der Waals surface area contributed by atoms with Gasteiger partial charge in [-0.05, 0) is 73.5 Å². The van der Waals surface area contributed by atoms with Crippen LogP contribution in [0.15, 0.2) is 29.3 Å². The molecule has 4 aliphatic rings. The monoisotopic (exact) mass is 273 g/mol. The molecule has 4 saturated carbocycles. The van der Waals surface area contributed by atoms with Crippen LogP contribution in [0, 0.1) is 23.7 Å². The van der Waals surface area contributed by atoms with Crippen LogP contribution < -0.4 is 0 Å². The molecule has 0 unspecified atom stereocenters. The van der Waals surface area contributed by atoms with Gasteiger partial charge < -0.3 is 0 Å². The summed E-state index contributed by atoms with van der Waals surface area (Å²) in [6, 6.07) is 8.60. The molecule has 19 heavy (non-hydrogen) atoms. The van der Waals surface area contributed by atoms with Crippen molar-refractivity contribution in [2.75, 3.05) is 0 Å². The van der Waals surface area contributed by atoms with Crippen LogP contribution in [0.1, 0.15) is 37.7 Å². The maximum absolute atomic E-state index is 5.91. The van der Waals surface area contributed by atoms with Crippen molar-refractivity contribution in [2.24, 2.45) is 28.7 Å². The molecule has 4 bridgehead atoms. The second-order valence-corrected chi connectivity index (χ2v) is 7.19. The zero-order valence-electron chi connectivity index (χ0n) is 11.1. The highest BCUT2D eigenvalue weighted by molar-refractivity contribution is 6.30. The predicted molar refractivity (Wildman–Crippen MR) is 79.9 cm³/mol. The second kappa shape index (κ2) is 4.63. The van der Waals surface area contributed by atoms with Crippen molar-refractivity contribution >= 4 is 17.8 Å². The Morgan fingerprint density at radius 2 is 1.47 bits per heavy atom. The molecule has 0 atom stereocenters. The summed E-state index contributed by atoms with van der Waals surface area (Å²) in [7, 11) is 0. The van der Waals surface area contributed by atoms with Crippen molar-refractivity contribution < 1.29 is 0 Å². The Morgan fingerprint density at radius 1 is 0.895 bits per heavy atom. The molecule has 0 radical (unpaired) electrons. The first-order chi connectivity index (χ1) is 9.28. The highest BCUT2D eigenvalue weighted by Crippen LogP contribution is 2.54. The van der Waals surface area contributed by atoms with E-state index in [1.54, 1.807) is 0 Å². The molecular formula is C17H20ClN. The number of hydrogen-bond acceptors (Lipinski definition) is 1. The van der Waals surface area contributed by atoms with Gasteiger partial charge in [0, 0.05) is 11.2 Å². The third-order valence-corrected chi connectivity index (χ3v) is 5.69. The van der Waals surface area contributed by atoms with Crippen LogP contribution >= 0.6 is 11.6 Å². The Kier molecular flexibility index (Phi) is 2.91. The average Bonchev–Trinajstić information content (AvgIpc) is 2.39. The number of hydrogen-bond donors (Lipinski definition) is 0. The summed E-state index contributed by atoms with van der Waals surface area (Å²) in [5.41, 5.74) is 1.18. The Labute approximate surface area is 120 Å². The molecule has 1 aromatic rings. The largest absolute Gasteiger partial charge is 0.289 e. The Hall–Kier alpha value is -0.820. The van der Waals surface area contributed by atoms with E-state index in [2.05, 4.69) is 18.3 Å². The quantitative estimate of drug-likeness (QED) is 0.699. The van der Waals surface area contributed by atoms with Gasteiger partial charge in [-0.2, -0.15) is 0 Å². The third kappa shape index (κ3) is 2.23. The van der Waals surface area contributed by atoms with E-state index in [1.807, 2.05) is 12.1 Å². The van der Waals surface area contributed by atoms with Gasteiger partial charge in [-0.1, -0.05) is 23.7 Å². The molecule has 100 valence electrons. The zero-order chi connectivity index (χ0) is 12.8. The third-order valence-electron chi connectivity index (χ3n) is 5.44. The summed E-state index contributed by atoms with van der Waals surface area (Å²) in [6.45, 7) is 0. The first kappa shape index (κ1) is 12.0. The second-order valence-electron chi connectivity index (χ2n) is 6.75. The summed E-state index contributed by atoms with van der Waals surface area (Å²) in [4.78, 5) is 4.95. The zero-order valence-corrected chi connectivity index (χ0v) is 11.9. The summed E-state index contributed by atoms with van der Waals surface area (Å²) in [6.07, 6.45) is 9.35. The van der Waals surface area contributed by atoms with Crippen molar-refractivity contribution in [3.05, 3.63) is 34.9 Å². The van der Waals surface area contributed by atoms with E-state index in [1.165, 1.54) is 37.7 Å². The number of nitrogens with zero attached hydrogens (tertiary/aromatic N) is 1. The van der Waals surface area contributed by atoms with Crippen molar-refractivity contribution in [1.29, 1.82) is 0 Å². The van der Waals surface area contributed by atoms with Gasteiger partial charge in [-0.3, -0.25) is 4.99 Å². The lowest BCUT2D eigenvalue weighted by Gasteiger charge is -2.53. The lowest BCUT2D eigenvalue weighted by Crippen LogP contribution is -2.47. The topological polar surface area (TPSA) is 12.4 Å². The highest BCUT2D eigenvalue weighted by atomic mass is 35.5. The summed E-state index contributed by atoms with van der Waals surface area (Å²) >= 11 is 5.91. The van der Waals surface area contributed by atoms with Crippen LogP contribution in [0.2, 0.25) is 5.02 Å². The number of benzene rings is 1. The number of aliphatic imine (C=N–C) groups is 1. The lowest BCUT2D eigenvalue weighted by molar-refractivity contribution is 0.00146. The normalized spacial score (nSPS) is 40.2. The highest BCUT2D eigenvalue weighted by Gasteiger charge is 2.47. The van der Waals surface area contributed by atoms with Crippen LogP contribution in [0.5, 0.6) is 0 Å². The maximum atomic E-state index is 5.91. The lowest BCUT2D eigenvalue weighted by atomic mass is 9.54. The van der Waals surface area contributed by atoms with Crippen LogP contribution in [0.4, 0.5) is 0 Å². The molecule has 5 rings (SSSR count). The minimum absolute atomic E-state index is 0.600. The fourth-order valence-electron chi connectivity index (χ4n) is 4.86. The predicted octanol–water partition coefficient (Wildman–Crippen LogP) is 4.58. The Bertz CT molecular complexity index is 462. The van der Waals surface area contributed by atoms with E-state index < -0.39 is 0 Å². The van der Waals surface area contributed by atoms with Gasteiger partial charge in [0.05, 0.1) is 6.04 Å². The minimum Gasteiger partial charge on any atom is -0.289 e. The van der Waals surface area contributed by atoms with Gasteiger partial charge in [0.1, 0.15) is 0 Å². The number of rotatable bonds is 2. The van der Waals surface area contributed by atoms with Gasteiger partial charge in [-0.25, -0.2) is 0 Å². The molecule has 4 aliphatic carbocycles. The average molecular weight is 274 g/mol. The van der Waals surface area contributed by atoms with E-state index in [-0.39, 0.29) is 0 Å². The van der Waals surface area contributed by atoms with Crippen LogP contribution in [-0.4, -0.2) is 12.3 Å². The minimum atomic E-state index is 0.600. The van der Waals surface area contributed by atoms with Gasteiger partial charge in [0.2, 0.25) is 0 Å². The van der Waals surface area contributed by atoms with E-state index in [9.17, 15) is 0 Å². The van der Waals surface area contributed by atoms with E-state index in [4.69, 9.17) is 16.6 Å². The summed E-state index contributed by atoms with van der Waals surface area (Å²) < 4.78 is 0. The van der Waals surface area contributed by atoms with Crippen LogP contribution in [0.3, 0.4) is 0 Å². The van der Waals surface area contributed by atoms with Gasteiger partial charge in [0.25, 0.3) is 0 Å². The molecule has 1 aromatic carbocycles. The van der Waals surface area contributed by atoms with Crippen molar-refractivity contribution in [3.63, 3.8) is 0 Å². The van der Waals surface area contributed by atoms with Crippen molar-refractivity contribution in [2.45, 2.75) is 38.1 Å². The smallest absolute Gasteiger partial charge is 0.0556 e. The van der Waals surface area contributed by atoms with Crippen molar-refractivity contribution in [1.82, 2.24) is 0 Å². The van der Waals surface area contributed by atoms with Crippen LogP contribution in [-0.2, 0) is 0 Å². The maximum Gasteiger partial charge on any atom is 0.0556 e. The molecule has 0 N–H and O–H groups in total. The van der Waals surface area contributed by atoms with Crippen molar-refractivity contribution in [3.8, 4) is 0 Å².